The Hall–Kier alpha value is -2.28. The molecule has 1 amide bonds. The number of aromatic nitrogens is 1. The molecule has 0 radical (unpaired) electrons. The molecule has 0 spiro atoms. The number of hydrogen-bond donors (Lipinski definition) is 0. The summed E-state index contributed by atoms with van der Waals surface area (Å²) in [6.45, 7) is 0. The number of nitro benzene ring substituents is 1. The molecule has 0 saturated carbocycles. The zero-order valence-electron chi connectivity index (χ0n) is 10.5. The Kier molecular flexibility index (Phi) is 4.09. The SMILES string of the molecule is CN(C(=O)c1cccnc1Br)c1ccc([N+](=O)[O-])cc1. The molecule has 2 aromatic rings. The molecule has 6 nitrogen and oxygen atoms in total. The minimum Gasteiger partial charge on any atom is -0.311 e. The maximum atomic E-state index is 12.3. The van der Waals surface area contributed by atoms with Crippen molar-refractivity contribution in [1.29, 1.82) is 0 Å². The van der Waals surface area contributed by atoms with Gasteiger partial charge in [-0.2, -0.15) is 0 Å². The second-order valence-corrected chi connectivity index (χ2v) is 4.73. The van der Waals surface area contributed by atoms with Crippen molar-refractivity contribution in [2.24, 2.45) is 0 Å². The van der Waals surface area contributed by atoms with E-state index in [4.69, 9.17) is 0 Å². The molecule has 1 aromatic heterocycles. The fourth-order valence-corrected chi connectivity index (χ4v) is 2.06. The maximum absolute atomic E-state index is 12.3. The lowest BCUT2D eigenvalue weighted by Crippen LogP contribution is -2.26. The second kappa shape index (κ2) is 5.79. The van der Waals surface area contributed by atoms with E-state index in [1.807, 2.05) is 0 Å². The van der Waals surface area contributed by atoms with E-state index in [1.165, 1.54) is 29.2 Å². The van der Waals surface area contributed by atoms with Crippen molar-refractivity contribution in [3.8, 4) is 0 Å². The standard InChI is InChI=1S/C13H10BrN3O3/c1-16(9-4-6-10(7-5-9)17(19)20)13(18)11-3-2-8-15-12(11)14/h2-8H,1H3. The first-order chi connectivity index (χ1) is 9.50. The summed E-state index contributed by atoms with van der Waals surface area (Å²) in [5.41, 5.74) is 0.974. The number of anilines is 1. The topological polar surface area (TPSA) is 76.3 Å². The van der Waals surface area contributed by atoms with E-state index in [0.29, 0.717) is 15.9 Å². The molecule has 7 heteroatoms. The smallest absolute Gasteiger partial charge is 0.269 e. The molecule has 0 aliphatic carbocycles. The first kappa shape index (κ1) is 14.1. The number of carbonyl (C=O) groups is 1. The van der Waals surface area contributed by atoms with E-state index in [9.17, 15) is 14.9 Å². The van der Waals surface area contributed by atoms with Crippen LogP contribution in [-0.4, -0.2) is 22.9 Å². The molecule has 102 valence electrons. The number of carbonyl (C=O) groups excluding carboxylic acids is 1. The summed E-state index contributed by atoms with van der Waals surface area (Å²) in [5, 5.41) is 10.6. The summed E-state index contributed by atoms with van der Waals surface area (Å²) >= 11 is 3.22. The normalized spacial score (nSPS) is 10.1. The Labute approximate surface area is 123 Å². The molecule has 0 atom stereocenters. The third-order valence-corrected chi connectivity index (χ3v) is 3.37. The first-order valence-electron chi connectivity index (χ1n) is 5.63. The fraction of sp³-hybridized carbons (Fsp3) is 0.0769. The van der Waals surface area contributed by atoms with E-state index in [-0.39, 0.29) is 11.6 Å². The van der Waals surface area contributed by atoms with Crippen LogP contribution in [0.2, 0.25) is 0 Å². The van der Waals surface area contributed by atoms with Crippen molar-refractivity contribution >= 4 is 33.2 Å². The summed E-state index contributed by atoms with van der Waals surface area (Å²) in [6, 6.07) is 9.10. The summed E-state index contributed by atoms with van der Waals surface area (Å²) in [5.74, 6) is -0.251. The highest BCUT2D eigenvalue weighted by molar-refractivity contribution is 9.10. The lowest BCUT2D eigenvalue weighted by atomic mass is 10.2. The Morgan fingerprint density at radius 1 is 1.30 bits per heavy atom. The van der Waals surface area contributed by atoms with Crippen LogP contribution >= 0.6 is 15.9 Å². The van der Waals surface area contributed by atoms with Gasteiger partial charge in [0.25, 0.3) is 11.6 Å². The summed E-state index contributed by atoms with van der Waals surface area (Å²) in [6.07, 6.45) is 1.58. The lowest BCUT2D eigenvalue weighted by Gasteiger charge is -2.17. The van der Waals surface area contributed by atoms with Gasteiger partial charge >= 0.3 is 0 Å². The number of hydrogen-bond acceptors (Lipinski definition) is 4. The third kappa shape index (κ3) is 2.83. The van der Waals surface area contributed by atoms with Crippen LogP contribution in [0.25, 0.3) is 0 Å². The highest BCUT2D eigenvalue weighted by atomic mass is 79.9. The summed E-state index contributed by atoms with van der Waals surface area (Å²) in [4.78, 5) is 27.8. The number of rotatable bonds is 3. The molecular formula is C13H10BrN3O3. The van der Waals surface area contributed by atoms with E-state index in [2.05, 4.69) is 20.9 Å². The molecule has 0 fully saturated rings. The predicted molar refractivity (Wildman–Crippen MR) is 77.8 cm³/mol. The molecule has 2 rings (SSSR count). The zero-order chi connectivity index (χ0) is 14.7. The van der Waals surface area contributed by atoms with Crippen LogP contribution in [0.5, 0.6) is 0 Å². The largest absolute Gasteiger partial charge is 0.311 e. The van der Waals surface area contributed by atoms with E-state index < -0.39 is 4.92 Å². The van der Waals surface area contributed by atoms with Gasteiger partial charge in [-0.1, -0.05) is 0 Å². The van der Waals surface area contributed by atoms with Crippen LogP contribution in [0.4, 0.5) is 11.4 Å². The molecule has 0 unspecified atom stereocenters. The van der Waals surface area contributed by atoms with E-state index in [1.54, 1.807) is 25.4 Å². The monoisotopic (exact) mass is 335 g/mol. The van der Waals surface area contributed by atoms with Crippen LogP contribution in [0.1, 0.15) is 10.4 Å². The highest BCUT2D eigenvalue weighted by Gasteiger charge is 2.17. The van der Waals surface area contributed by atoms with Gasteiger partial charge in [-0.05, 0) is 40.2 Å². The number of amides is 1. The molecule has 0 bridgehead atoms. The third-order valence-electron chi connectivity index (χ3n) is 2.74. The average Bonchev–Trinajstić information content (AvgIpc) is 2.46. The molecule has 1 heterocycles. The van der Waals surface area contributed by atoms with Gasteiger partial charge < -0.3 is 4.90 Å². The number of halogens is 1. The number of benzene rings is 1. The van der Waals surface area contributed by atoms with Gasteiger partial charge in [-0.25, -0.2) is 4.98 Å². The molecule has 0 saturated heterocycles. The van der Waals surface area contributed by atoms with Crippen molar-refractivity contribution in [2.45, 2.75) is 0 Å². The molecule has 0 aliphatic heterocycles. The number of pyridine rings is 1. The van der Waals surface area contributed by atoms with Crippen LogP contribution in [0.15, 0.2) is 47.2 Å². The van der Waals surface area contributed by atoms with Gasteiger partial charge in [0, 0.05) is 31.1 Å². The van der Waals surface area contributed by atoms with Crippen LogP contribution in [0, 0.1) is 10.1 Å². The number of nitro groups is 1. The van der Waals surface area contributed by atoms with E-state index >= 15 is 0 Å². The van der Waals surface area contributed by atoms with E-state index in [0.717, 1.165) is 0 Å². The Morgan fingerprint density at radius 2 is 1.95 bits per heavy atom. The van der Waals surface area contributed by atoms with Gasteiger partial charge in [0.15, 0.2) is 0 Å². The minimum atomic E-state index is -0.483. The molecule has 20 heavy (non-hydrogen) atoms. The number of non-ortho nitro benzene ring substituents is 1. The van der Waals surface area contributed by atoms with Gasteiger partial charge in [-0.3, -0.25) is 14.9 Å². The number of nitrogens with zero attached hydrogens (tertiary/aromatic N) is 3. The second-order valence-electron chi connectivity index (χ2n) is 3.98. The van der Waals surface area contributed by atoms with Crippen molar-refractivity contribution < 1.29 is 9.72 Å². The fourth-order valence-electron chi connectivity index (χ4n) is 1.64. The van der Waals surface area contributed by atoms with Gasteiger partial charge in [0.05, 0.1) is 10.5 Å². The average molecular weight is 336 g/mol. The summed E-state index contributed by atoms with van der Waals surface area (Å²) in [7, 11) is 1.60. The van der Waals surface area contributed by atoms with Crippen molar-refractivity contribution in [2.75, 3.05) is 11.9 Å². The van der Waals surface area contributed by atoms with Crippen LogP contribution in [-0.2, 0) is 0 Å². The predicted octanol–water partition coefficient (Wildman–Crippen LogP) is 3.03. The lowest BCUT2D eigenvalue weighted by molar-refractivity contribution is -0.384. The van der Waals surface area contributed by atoms with Crippen LogP contribution < -0.4 is 4.90 Å². The van der Waals surface area contributed by atoms with Crippen molar-refractivity contribution in [3.63, 3.8) is 0 Å². The van der Waals surface area contributed by atoms with Gasteiger partial charge in [0.1, 0.15) is 4.60 Å². The van der Waals surface area contributed by atoms with Crippen molar-refractivity contribution in [1.82, 2.24) is 4.98 Å². The van der Waals surface area contributed by atoms with Gasteiger partial charge in [0.2, 0.25) is 0 Å². The Balaban J connectivity index is 2.27. The highest BCUT2D eigenvalue weighted by Crippen LogP contribution is 2.22. The van der Waals surface area contributed by atoms with Gasteiger partial charge in [-0.15, -0.1) is 0 Å². The molecule has 0 aliphatic rings. The maximum Gasteiger partial charge on any atom is 0.269 e. The van der Waals surface area contributed by atoms with Crippen molar-refractivity contribution in [3.05, 3.63) is 62.9 Å². The Bertz CT molecular complexity index is 658. The minimum absolute atomic E-state index is 0.0165. The molecule has 1 aromatic carbocycles. The first-order valence-corrected chi connectivity index (χ1v) is 6.43. The molecular weight excluding hydrogens is 326 g/mol. The summed E-state index contributed by atoms with van der Waals surface area (Å²) < 4.78 is 0.457. The Morgan fingerprint density at radius 3 is 2.50 bits per heavy atom. The van der Waals surface area contributed by atoms with Crippen LogP contribution in [0.3, 0.4) is 0 Å². The quantitative estimate of drug-likeness (QED) is 0.490. The molecule has 0 N–H and O–H groups in total. The zero-order valence-corrected chi connectivity index (χ0v) is 12.1.